The third kappa shape index (κ3) is 5.28. The van der Waals surface area contributed by atoms with Crippen molar-refractivity contribution >= 4 is 38.9 Å². The Morgan fingerprint density at radius 1 is 1.23 bits per heavy atom. The number of amides is 1. The Balaban J connectivity index is 1.41. The zero-order valence-corrected chi connectivity index (χ0v) is 17.2. The van der Waals surface area contributed by atoms with Gasteiger partial charge in [0.1, 0.15) is 5.82 Å². The Hall–Kier alpha value is -1.44. The number of rotatable bonds is 6. The van der Waals surface area contributed by atoms with Crippen LogP contribution in [0.1, 0.15) is 12.0 Å². The molecule has 0 bridgehead atoms. The van der Waals surface area contributed by atoms with Crippen LogP contribution >= 0.6 is 27.3 Å². The smallest absolute Gasteiger partial charge is 0.223 e. The molecule has 0 aliphatic carbocycles. The molecule has 1 aliphatic rings. The van der Waals surface area contributed by atoms with Crippen molar-refractivity contribution in [1.29, 1.82) is 0 Å². The second-order valence-corrected chi connectivity index (χ2v) is 8.88. The van der Waals surface area contributed by atoms with Crippen LogP contribution in [0.3, 0.4) is 0 Å². The second kappa shape index (κ2) is 8.97. The van der Waals surface area contributed by atoms with Crippen molar-refractivity contribution in [2.75, 3.05) is 44.7 Å². The van der Waals surface area contributed by atoms with Crippen LogP contribution in [0.4, 0.5) is 10.1 Å². The van der Waals surface area contributed by atoms with Gasteiger partial charge in [-0.15, -0.1) is 11.3 Å². The maximum atomic E-state index is 13.0. The molecule has 1 aromatic heterocycles. The summed E-state index contributed by atoms with van der Waals surface area (Å²) >= 11 is 5.16. The molecule has 2 aromatic rings. The van der Waals surface area contributed by atoms with Crippen LogP contribution in [0.25, 0.3) is 0 Å². The summed E-state index contributed by atoms with van der Waals surface area (Å²) < 4.78 is 14.2. The number of nitrogens with zero attached hydrogens (tertiary/aromatic N) is 3. The standard InChI is InChI=1S/C19H23BrFN3OS/c1-22(13-15-12-18(20)26-14-15)7-6-19(25)24-10-8-23(9-11-24)17-4-2-16(21)3-5-17/h2-5,12,14H,6-11,13H2,1H3. The van der Waals surface area contributed by atoms with E-state index < -0.39 is 0 Å². The summed E-state index contributed by atoms with van der Waals surface area (Å²) in [6.07, 6.45) is 0.540. The Labute approximate surface area is 166 Å². The van der Waals surface area contributed by atoms with E-state index >= 15 is 0 Å². The molecular weight excluding hydrogens is 417 g/mol. The van der Waals surface area contributed by atoms with Crippen LogP contribution in [-0.4, -0.2) is 55.5 Å². The predicted octanol–water partition coefficient (Wildman–Crippen LogP) is 3.82. The van der Waals surface area contributed by atoms with E-state index in [1.165, 1.54) is 17.7 Å². The quantitative estimate of drug-likeness (QED) is 0.684. The van der Waals surface area contributed by atoms with Gasteiger partial charge in [0.2, 0.25) is 5.91 Å². The molecule has 3 rings (SSSR count). The topological polar surface area (TPSA) is 26.8 Å². The first-order valence-electron chi connectivity index (χ1n) is 8.71. The molecule has 1 fully saturated rings. The molecule has 1 aromatic carbocycles. The van der Waals surface area contributed by atoms with Gasteiger partial charge in [0.15, 0.2) is 0 Å². The fourth-order valence-electron chi connectivity index (χ4n) is 3.13. The van der Waals surface area contributed by atoms with Gasteiger partial charge in [-0.3, -0.25) is 4.79 Å². The third-order valence-electron chi connectivity index (χ3n) is 4.61. The lowest BCUT2D eigenvalue weighted by atomic mass is 10.2. The van der Waals surface area contributed by atoms with Crippen LogP contribution in [0, 0.1) is 5.82 Å². The molecule has 140 valence electrons. The summed E-state index contributed by atoms with van der Waals surface area (Å²) in [5.74, 6) is -0.0106. The summed E-state index contributed by atoms with van der Waals surface area (Å²) in [7, 11) is 2.05. The highest BCUT2D eigenvalue weighted by atomic mass is 79.9. The second-order valence-electron chi connectivity index (χ2n) is 6.59. The van der Waals surface area contributed by atoms with Gasteiger partial charge in [0, 0.05) is 51.4 Å². The predicted molar refractivity (Wildman–Crippen MR) is 108 cm³/mol. The Morgan fingerprint density at radius 3 is 2.54 bits per heavy atom. The molecule has 0 spiro atoms. The van der Waals surface area contributed by atoms with Gasteiger partial charge >= 0.3 is 0 Å². The molecule has 0 N–H and O–H groups in total. The van der Waals surface area contributed by atoms with E-state index in [-0.39, 0.29) is 11.7 Å². The number of piperazine rings is 1. The minimum atomic E-state index is -0.221. The van der Waals surface area contributed by atoms with E-state index in [0.717, 1.165) is 48.7 Å². The summed E-state index contributed by atoms with van der Waals surface area (Å²) in [5.41, 5.74) is 2.28. The van der Waals surface area contributed by atoms with Crippen molar-refractivity contribution in [3.8, 4) is 0 Å². The Kier molecular flexibility index (Phi) is 6.67. The lowest BCUT2D eigenvalue weighted by Crippen LogP contribution is -2.49. The average molecular weight is 440 g/mol. The highest BCUT2D eigenvalue weighted by Crippen LogP contribution is 2.21. The van der Waals surface area contributed by atoms with E-state index in [0.29, 0.717) is 6.42 Å². The summed E-state index contributed by atoms with van der Waals surface area (Å²) in [6, 6.07) is 8.68. The lowest BCUT2D eigenvalue weighted by Gasteiger charge is -2.36. The molecule has 26 heavy (non-hydrogen) atoms. The maximum Gasteiger partial charge on any atom is 0.223 e. The molecule has 0 saturated carbocycles. The maximum absolute atomic E-state index is 13.0. The van der Waals surface area contributed by atoms with Crippen molar-refractivity contribution in [2.24, 2.45) is 0 Å². The zero-order valence-electron chi connectivity index (χ0n) is 14.8. The fraction of sp³-hybridized carbons (Fsp3) is 0.421. The van der Waals surface area contributed by atoms with Crippen LogP contribution < -0.4 is 4.90 Å². The molecule has 0 radical (unpaired) electrons. The number of halogens is 2. The molecule has 1 aliphatic heterocycles. The van der Waals surface area contributed by atoms with Crippen molar-refractivity contribution in [2.45, 2.75) is 13.0 Å². The van der Waals surface area contributed by atoms with Gasteiger partial charge in [0.05, 0.1) is 3.79 Å². The number of carbonyl (C=O) groups excluding carboxylic acids is 1. The molecular formula is C19H23BrFN3OS. The van der Waals surface area contributed by atoms with Crippen LogP contribution in [0.2, 0.25) is 0 Å². The lowest BCUT2D eigenvalue weighted by molar-refractivity contribution is -0.131. The molecule has 7 heteroatoms. The monoisotopic (exact) mass is 439 g/mol. The molecule has 1 amide bonds. The summed E-state index contributed by atoms with van der Waals surface area (Å²) in [4.78, 5) is 18.8. The molecule has 0 atom stereocenters. The summed E-state index contributed by atoms with van der Waals surface area (Å²) in [6.45, 7) is 4.62. The molecule has 1 saturated heterocycles. The van der Waals surface area contributed by atoms with E-state index in [4.69, 9.17) is 0 Å². The van der Waals surface area contributed by atoms with E-state index in [2.05, 4.69) is 37.2 Å². The number of anilines is 1. The number of hydrogen-bond acceptors (Lipinski definition) is 4. The number of benzene rings is 1. The van der Waals surface area contributed by atoms with Gasteiger partial charge in [-0.1, -0.05) is 0 Å². The van der Waals surface area contributed by atoms with Crippen molar-refractivity contribution < 1.29 is 9.18 Å². The minimum Gasteiger partial charge on any atom is -0.368 e. The summed E-state index contributed by atoms with van der Waals surface area (Å²) in [5, 5.41) is 2.14. The SMILES string of the molecule is CN(CCC(=O)N1CCN(c2ccc(F)cc2)CC1)Cc1csc(Br)c1. The highest BCUT2D eigenvalue weighted by molar-refractivity contribution is 9.11. The highest BCUT2D eigenvalue weighted by Gasteiger charge is 2.21. The van der Waals surface area contributed by atoms with E-state index in [1.807, 2.05) is 11.9 Å². The number of hydrogen-bond donors (Lipinski definition) is 0. The van der Waals surface area contributed by atoms with Gasteiger partial charge in [-0.25, -0.2) is 4.39 Å². The van der Waals surface area contributed by atoms with Crippen LogP contribution in [-0.2, 0) is 11.3 Å². The van der Waals surface area contributed by atoms with Gasteiger partial charge in [-0.05, 0) is 64.3 Å². The minimum absolute atomic E-state index is 0.210. The largest absolute Gasteiger partial charge is 0.368 e. The number of thiophene rings is 1. The average Bonchev–Trinajstić information content (AvgIpc) is 3.05. The Bertz CT molecular complexity index is 729. The first-order chi connectivity index (χ1) is 12.5. The fourth-order valence-corrected chi connectivity index (χ4v) is 4.33. The third-order valence-corrected chi connectivity index (χ3v) is 6.16. The van der Waals surface area contributed by atoms with Gasteiger partial charge in [0.25, 0.3) is 0 Å². The molecule has 4 nitrogen and oxygen atoms in total. The zero-order chi connectivity index (χ0) is 18.5. The first-order valence-corrected chi connectivity index (χ1v) is 10.4. The normalized spacial score (nSPS) is 14.9. The van der Waals surface area contributed by atoms with Crippen molar-refractivity contribution in [1.82, 2.24) is 9.80 Å². The number of carbonyl (C=O) groups is 1. The van der Waals surface area contributed by atoms with E-state index in [9.17, 15) is 9.18 Å². The van der Waals surface area contributed by atoms with Gasteiger partial charge in [-0.2, -0.15) is 0 Å². The van der Waals surface area contributed by atoms with Gasteiger partial charge < -0.3 is 14.7 Å². The van der Waals surface area contributed by atoms with E-state index in [1.54, 1.807) is 23.5 Å². The molecule has 0 unspecified atom stereocenters. The first kappa shape index (κ1) is 19.3. The van der Waals surface area contributed by atoms with Crippen molar-refractivity contribution in [3.05, 3.63) is 50.9 Å². The van der Waals surface area contributed by atoms with Crippen molar-refractivity contribution in [3.63, 3.8) is 0 Å². The van der Waals surface area contributed by atoms with Crippen LogP contribution in [0.15, 0.2) is 39.5 Å². The molecule has 2 heterocycles. The van der Waals surface area contributed by atoms with Crippen LogP contribution in [0.5, 0.6) is 0 Å². The Morgan fingerprint density at radius 2 is 1.92 bits per heavy atom.